The molecule has 7 heteroatoms. The van der Waals surface area contributed by atoms with E-state index in [1.54, 1.807) is 25.7 Å². The molecule has 7 nitrogen and oxygen atoms in total. The van der Waals surface area contributed by atoms with E-state index in [1.807, 2.05) is 63.2 Å². The van der Waals surface area contributed by atoms with Crippen LogP contribution in [0.4, 0.5) is 10.5 Å². The number of para-hydroxylation sites is 1. The number of hydrogen-bond donors (Lipinski definition) is 2. The Labute approximate surface area is 215 Å². The molecule has 2 N–H and O–H groups in total. The van der Waals surface area contributed by atoms with Crippen molar-refractivity contribution in [1.82, 2.24) is 10.2 Å². The highest BCUT2D eigenvalue weighted by atomic mass is 16.6. The third kappa shape index (κ3) is 8.70. The Morgan fingerprint density at radius 2 is 1.67 bits per heavy atom. The summed E-state index contributed by atoms with van der Waals surface area (Å²) in [5, 5.41) is 5.58. The number of ether oxygens (including phenoxy) is 1. The molecule has 0 aliphatic carbocycles. The summed E-state index contributed by atoms with van der Waals surface area (Å²) in [6.07, 6.45) is 1.97. The fraction of sp³-hybridized carbons (Fsp3) is 0.483. The topological polar surface area (TPSA) is 87.7 Å². The summed E-state index contributed by atoms with van der Waals surface area (Å²) >= 11 is 0. The van der Waals surface area contributed by atoms with Crippen molar-refractivity contribution in [2.24, 2.45) is 0 Å². The molecule has 3 amide bonds. The summed E-state index contributed by atoms with van der Waals surface area (Å²) in [5.74, 6) is -0.639. The van der Waals surface area contributed by atoms with Crippen molar-refractivity contribution in [2.75, 3.05) is 18.4 Å². The molecule has 2 aromatic rings. The molecule has 0 radical (unpaired) electrons. The SMILES string of the molecule is CCCCCN(C(=O)CNC(=O)OC(C)(C)C)C(C(=O)Nc1ccccc1C)c1ccc(C)cc1C. The first-order chi connectivity index (χ1) is 16.9. The van der Waals surface area contributed by atoms with Crippen LogP contribution in [-0.2, 0) is 14.3 Å². The van der Waals surface area contributed by atoms with Gasteiger partial charge in [0.15, 0.2) is 0 Å². The highest BCUT2D eigenvalue weighted by molar-refractivity contribution is 5.99. The average Bonchev–Trinajstić information content (AvgIpc) is 2.78. The molecule has 36 heavy (non-hydrogen) atoms. The van der Waals surface area contributed by atoms with Crippen molar-refractivity contribution in [3.8, 4) is 0 Å². The monoisotopic (exact) mass is 495 g/mol. The van der Waals surface area contributed by atoms with Gasteiger partial charge in [0.05, 0.1) is 0 Å². The van der Waals surface area contributed by atoms with Crippen LogP contribution in [0.25, 0.3) is 0 Å². The van der Waals surface area contributed by atoms with Crippen LogP contribution >= 0.6 is 0 Å². The number of unbranched alkanes of at least 4 members (excludes halogenated alkanes) is 2. The fourth-order valence-corrected chi connectivity index (χ4v) is 3.99. The van der Waals surface area contributed by atoms with Gasteiger partial charge in [0.25, 0.3) is 5.91 Å². The van der Waals surface area contributed by atoms with E-state index in [9.17, 15) is 14.4 Å². The zero-order valence-electron chi connectivity index (χ0n) is 22.7. The van der Waals surface area contributed by atoms with Gasteiger partial charge >= 0.3 is 6.09 Å². The number of benzene rings is 2. The van der Waals surface area contributed by atoms with Crippen molar-refractivity contribution in [3.05, 3.63) is 64.7 Å². The molecule has 1 unspecified atom stereocenters. The zero-order chi connectivity index (χ0) is 26.9. The predicted octanol–water partition coefficient (Wildman–Crippen LogP) is 5.84. The number of nitrogens with zero attached hydrogens (tertiary/aromatic N) is 1. The molecule has 1 atom stereocenters. The third-order valence-electron chi connectivity index (χ3n) is 5.79. The van der Waals surface area contributed by atoms with Crippen LogP contribution in [-0.4, -0.2) is 41.5 Å². The number of rotatable bonds is 10. The van der Waals surface area contributed by atoms with Crippen LogP contribution < -0.4 is 10.6 Å². The van der Waals surface area contributed by atoms with Crippen molar-refractivity contribution in [3.63, 3.8) is 0 Å². The molecule has 0 aliphatic rings. The number of alkyl carbamates (subject to hydrolysis) is 1. The lowest BCUT2D eigenvalue weighted by Crippen LogP contribution is -2.47. The van der Waals surface area contributed by atoms with E-state index in [0.29, 0.717) is 12.2 Å². The first kappa shape index (κ1) is 28.9. The average molecular weight is 496 g/mol. The number of anilines is 1. The van der Waals surface area contributed by atoms with Crippen LogP contribution in [0.5, 0.6) is 0 Å². The van der Waals surface area contributed by atoms with Gasteiger partial charge in [0.1, 0.15) is 18.2 Å². The minimum absolute atomic E-state index is 0.264. The van der Waals surface area contributed by atoms with Gasteiger partial charge in [-0.15, -0.1) is 0 Å². The molecule has 0 saturated heterocycles. The number of nitrogens with one attached hydrogen (secondary N) is 2. The Morgan fingerprint density at radius 3 is 2.28 bits per heavy atom. The molecule has 0 bridgehead atoms. The van der Waals surface area contributed by atoms with Crippen molar-refractivity contribution >= 4 is 23.6 Å². The molecule has 196 valence electrons. The molecule has 0 aromatic heterocycles. The molecule has 2 aromatic carbocycles. The largest absolute Gasteiger partial charge is 0.444 e. The summed E-state index contributed by atoms with van der Waals surface area (Å²) < 4.78 is 5.28. The van der Waals surface area contributed by atoms with Crippen LogP contribution in [0.15, 0.2) is 42.5 Å². The van der Waals surface area contributed by atoms with E-state index in [0.717, 1.165) is 41.5 Å². The lowest BCUT2D eigenvalue weighted by Gasteiger charge is -2.33. The maximum atomic E-state index is 13.8. The highest BCUT2D eigenvalue weighted by Crippen LogP contribution is 2.28. The second-order valence-electron chi connectivity index (χ2n) is 10.2. The van der Waals surface area contributed by atoms with E-state index in [2.05, 4.69) is 17.6 Å². The van der Waals surface area contributed by atoms with Crippen molar-refractivity contribution < 1.29 is 19.1 Å². The van der Waals surface area contributed by atoms with Crippen LogP contribution in [0.2, 0.25) is 0 Å². The zero-order valence-corrected chi connectivity index (χ0v) is 22.7. The number of amides is 3. The third-order valence-corrected chi connectivity index (χ3v) is 5.79. The predicted molar refractivity (Wildman–Crippen MR) is 144 cm³/mol. The normalized spacial score (nSPS) is 12.0. The van der Waals surface area contributed by atoms with E-state index < -0.39 is 17.7 Å². The standard InChI is InChI=1S/C29H41N3O4/c1-8-9-12-17-32(25(33)19-30-28(35)36-29(5,6)7)26(23-16-15-20(2)18-22(23)4)27(34)31-24-14-11-10-13-21(24)3/h10-11,13-16,18,26H,8-9,12,17,19H2,1-7H3,(H,30,35)(H,31,34). The number of carbonyl (C=O) groups excluding carboxylic acids is 3. The number of aryl methyl sites for hydroxylation is 3. The Morgan fingerprint density at radius 1 is 0.972 bits per heavy atom. The highest BCUT2D eigenvalue weighted by Gasteiger charge is 2.33. The van der Waals surface area contributed by atoms with E-state index in [-0.39, 0.29) is 18.4 Å². The van der Waals surface area contributed by atoms with Gasteiger partial charge in [0, 0.05) is 12.2 Å². The first-order valence-electron chi connectivity index (χ1n) is 12.6. The molecule has 0 heterocycles. The van der Waals surface area contributed by atoms with E-state index >= 15 is 0 Å². The minimum Gasteiger partial charge on any atom is -0.444 e. The lowest BCUT2D eigenvalue weighted by atomic mass is 9.96. The Bertz CT molecular complexity index is 1060. The van der Waals surface area contributed by atoms with Gasteiger partial charge in [0.2, 0.25) is 5.91 Å². The maximum absolute atomic E-state index is 13.8. The van der Waals surface area contributed by atoms with Crippen molar-refractivity contribution in [2.45, 2.75) is 79.4 Å². The quantitative estimate of drug-likeness (QED) is 0.406. The molecule has 0 saturated carbocycles. The molecule has 0 spiro atoms. The van der Waals surface area contributed by atoms with Crippen LogP contribution in [0.3, 0.4) is 0 Å². The summed E-state index contributed by atoms with van der Waals surface area (Å²) in [5.41, 5.74) is 3.71. The van der Waals surface area contributed by atoms with Crippen molar-refractivity contribution in [1.29, 1.82) is 0 Å². The summed E-state index contributed by atoms with van der Waals surface area (Å²) in [4.78, 5) is 41.1. The first-order valence-corrected chi connectivity index (χ1v) is 12.6. The Kier molecular flexibility index (Phi) is 10.5. The van der Waals surface area contributed by atoms with E-state index in [1.165, 1.54) is 0 Å². The second kappa shape index (κ2) is 13.1. The van der Waals surface area contributed by atoms with Gasteiger partial charge in [-0.25, -0.2) is 4.79 Å². The Balaban J connectivity index is 2.42. The van der Waals surface area contributed by atoms with Gasteiger partial charge in [-0.1, -0.05) is 61.7 Å². The second-order valence-corrected chi connectivity index (χ2v) is 10.2. The van der Waals surface area contributed by atoms with Gasteiger partial charge < -0.3 is 20.3 Å². The van der Waals surface area contributed by atoms with Gasteiger partial charge in [-0.2, -0.15) is 0 Å². The number of hydrogen-bond acceptors (Lipinski definition) is 4. The smallest absolute Gasteiger partial charge is 0.408 e. The Hall–Kier alpha value is -3.35. The molecule has 0 aliphatic heterocycles. The van der Waals surface area contributed by atoms with Gasteiger partial charge in [-0.05, 0) is 70.7 Å². The molecule has 0 fully saturated rings. The number of carbonyl (C=O) groups is 3. The lowest BCUT2D eigenvalue weighted by molar-refractivity contribution is -0.138. The fourth-order valence-electron chi connectivity index (χ4n) is 3.99. The summed E-state index contributed by atoms with van der Waals surface area (Å²) in [6, 6.07) is 12.6. The van der Waals surface area contributed by atoms with Gasteiger partial charge in [-0.3, -0.25) is 9.59 Å². The molecular weight excluding hydrogens is 454 g/mol. The molecular formula is C29H41N3O4. The molecule has 2 rings (SSSR count). The van der Waals surface area contributed by atoms with Crippen LogP contribution in [0.1, 0.15) is 75.3 Å². The summed E-state index contributed by atoms with van der Waals surface area (Å²) in [6.45, 7) is 13.4. The van der Waals surface area contributed by atoms with Crippen LogP contribution in [0, 0.1) is 20.8 Å². The minimum atomic E-state index is -0.852. The van der Waals surface area contributed by atoms with E-state index in [4.69, 9.17) is 4.74 Å². The maximum Gasteiger partial charge on any atom is 0.408 e. The summed E-state index contributed by atoms with van der Waals surface area (Å²) in [7, 11) is 0.